The van der Waals surface area contributed by atoms with Gasteiger partial charge in [0.05, 0.1) is 21.3 Å². The highest BCUT2D eigenvalue weighted by Crippen LogP contribution is 2.37. The predicted octanol–water partition coefficient (Wildman–Crippen LogP) is 5.59. The maximum absolute atomic E-state index is 12.7. The fourth-order valence-electron chi connectivity index (χ4n) is 3.95. The molecule has 1 aliphatic heterocycles. The first-order chi connectivity index (χ1) is 15.0. The number of carbonyl (C=O) groups is 1. The van der Waals surface area contributed by atoms with Crippen molar-refractivity contribution < 1.29 is 9.53 Å². The number of nitrogens with one attached hydrogen (secondary N) is 1. The van der Waals surface area contributed by atoms with Crippen LogP contribution in [-0.2, 0) is 4.79 Å². The number of piperidine rings is 1. The topological polar surface area (TPSA) is 54.5 Å². The largest absolute Gasteiger partial charge is 0.493 e. The number of benzene rings is 2. The number of halogens is 1. The molecule has 2 heterocycles. The first-order valence-corrected chi connectivity index (χ1v) is 12.5. The maximum atomic E-state index is 12.7. The van der Waals surface area contributed by atoms with Crippen LogP contribution in [0.5, 0.6) is 5.75 Å². The van der Waals surface area contributed by atoms with Crippen molar-refractivity contribution in [2.45, 2.75) is 32.6 Å². The lowest BCUT2D eigenvalue weighted by Crippen LogP contribution is -2.41. The quantitative estimate of drug-likeness (QED) is 0.458. The Kier molecular flexibility index (Phi) is 7.13. The Morgan fingerprint density at radius 3 is 2.74 bits per heavy atom. The zero-order valence-electron chi connectivity index (χ0n) is 17.9. The van der Waals surface area contributed by atoms with Crippen molar-refractivity contribution in [2.24, 2.45) is 5.92 Å². The van der Waals surface area contributed by atoms with Crippen molar-refractivity contribution in [2.75, 3.05) is 31.1 Å². The molecule has 4 rings (SSSR count). The van der Waals surface area contributed by atoms with Gasteiger partial charge in [-0.2, -0.15) is 0 Å². The van der Waals surface area contributed by atoms with Gasteiger partial charge < -0.3 is 15.0 Å². The number of aromatic nitrogens is 1. The van der Waals surface area contributed by atoms with Gasteiger partial charge in [-0.05, 0) is 53.2 Å². The second-order valence-electron chi connectivity index (χ2n) is 8.00. The number of thiazole rings is 1. The van der Waals surface area contributed by atoms with Gasteiger partial charge in [-0.3, -0.25) is 4.79 Å². The smallest absolute Gasteiger partial charge is 0.223 e. The highest BCUT2D eigenvalue weighted by molar-refractivity contribution is 9.10. The minimum absolute atomic E-state index is 0.0762. The summed E-state index contributed by atoms with van der Waals surface area (Å²) in [5.74, 6) is 1.42. The Morgan fingerprint density at radius 1 is 1.29 bits per heavy atom. The van der Waals surface area contributed by atoms with Crippen molar-refractivity contribution in [3.8, 4) is 5.75 Å². The second kappa shape index (κ2) is 10.0. The Balaban J connectivity index is 1.32. The number of carbonyl (C=O) groups excluding carboxylic acids is 1. The third kappa shape index (κ3) is 5.21. The molecule has 0 spiro atoms. The summed E-state index contributed by atoms with van der Waals surface area (Å²) < 4.78 is 7.73. The summed E-state index contributed by atoms with van der Waals surface area (Å²) in [6.45, 7) is 7.16. The number of hydrogen-bond donors (Lipinski definition) is 1. The number of rotatable bonds is 7. The van der Waals surface area contributed by atoms with E-state index >= 15 is 0 Å². The van der Waals surface area contributed by atoms with Crippen LogP contribution in [0.1, 0.15) is 38.2 Å². The number of nitrogens with zero attached hydrogens (tertiary/aromatic N) is 2. The average molecular weight is 502 g/mol. The molecule has 0 bridgehead atoms. The first kappa shape index (κ1) is 22.1. The van der Waals surface area contributed by atoms with E-state index in [0.717, 1.165) is 51.5 Å². The minimum Gasteiger partial charge on any atom is -0.493 e. The van der Waals surface area contributed by atoms with Gasteiger partial charge in [-0.25, -0.2) is 4.98 Å². The van der Waals surface area contributed by atoms with E-state index in [0.29, 0.717) is 19.1 Å². The standard InChI is InChI=1S/C24H28BrN3O2S/c1-3-30-21-14-22-20(13-19(21)25)27-24(31-22)28-11-9-18(10-12-28)23(29)26-15-16(2)17-7-5-4-6-8-17/h4-8,13-14,16,18H,3,9-12,15H2,1-2H3,(H,26,29)/t16-/m0/s1. The second-order valence-corrected chi connectivity index (χ2v) is 9.86. The van der Waals surface area contributed by atoms with E-state index in [1.54, 1.807) is 11.3 Å². The summed E-state index contributed by atoms with van der Waals surface area (Å²) in [6.07, 6.45) is 1.71. The van der Waals surface area contributed by atoms with Gasteiger partial charge in [0, 0.05) is 31.6 Å². The molecule has 1 aromatic heterocycles. The van der Waals surface area contributed by atoms with Crippen LogP contribution < -0.4 is 15.0 Å². The van der Waals surface area contributed by atoms with Gasteiger partial charge in [0.25, 0.3) is 0 Å². The molecule has 1 amide bonds. The van der Waals surface area contributed by atoms with Crippen LogP contribution in [0.4, 0.5) is 5.13 Å². The van der Waals surface area contributed by atoms with E-state index in [1.807, 2.05) is 31.2 Å². The summed E-state index contributed by atoms with van der Waals surface area (Å²) in [7, 11) is 0. The molecule has 3 aromatic rings. The molecule has 1 N–H and O–H groups in total. The van der Waals surface area contributed by atoms with Gasteiger partial charge in [-0.1, -0.05) is 48.6 Å². The molecule has 2 aromatic carbocycles. The van der Waals surface area contributed by atoms with Gasteiger partial charge in [0.15, 0.2) is 5.13 Å². The Bertz CT molecular complexity index is 1030. The third-order valence-corrected chi connectivity index (χ3v) is 7.52. The minimum atomic E-state index is 0.0762. The molecular weight excluding hydrogens is 474 g/mol. The van der Waals surface area contributed by atoms with Gasteiger partial charge in [0.2, 0.25) is 5.91 Å². The molecule has 7 heteroatoms. The first-order valence-electron chi connectivity index (χ1n) is 10.9. The van der Waals surface area contributed by atoms with Crippen molar-refractivity contribution in [1.29, 1.82) is 0 Å². The molecule has 0 aliphatic carbocycles. The molecule has 1 fully saturated rings. The molecule has 31 heavy (non-hydrogen) atoms. The summed E-state index contributed by atoms with van der Waals surface area (Å²) in [5.41, 5.74) is 2.23. The van der Waals surface area contributed by atoms with E-state index in [4.69, 9.17) is 9.72 Å². The highest BCUT2D eigenvalue weighted by Gasteiger charge is 2.26. The SMILES string of the molecule is CCOc1cc2sc(N3CCC(C(=O)NC[C@H](C)c4ccccc4)CC3)nc2cc1Br. The van der Waals surface area contributed by atoms with E-state index in [2.05, 4.69) is 51.3 Å². The van der Waals surface area contributed by atoms with Crippen molar-refractivity contribution in [1.82, 2.24) is 10.3 Å². The molecule has 1 aliphatic rings. The lowest BCUT2D eigenvalue weighted by atomic mass is 9.95. The molecule has 0 saturated carbocycles. The van der Waals surface area contributed by atoms with Crippen molar-refractivity contribution in [3.63, 3.8) is 0 Å². The summed E-state index contributed by atoms with van der Waals surface area (Å²) in [4.78, 5) is 19.8. The van der Waals surface area contributed by atoms with Crippen molar-refractivity contribution >= 4 is 48.5 Å². The van der Waals surface area contributed by atoms with Crippen LogP contribution in [0.15, 0.2) is 46.9 Å². The third-order valence-electron chi connectivity index (χ3n) is 5.82. The Labute approximate surface area is 195 Å². The van der Waals surface area contributed by atoms with Crippen LogP contribution in [0, 0.1) is 5.92 Å². The number of anilines is 1. The monoisotopic (exact) mass is 501 g/mol. The van der Waals surface area contributed by atoms with E-state index in [9.17, 15) is 4.79 Å². The van der Waals surface area contributed by atoms with Gasteiger partial charge in [-0.15, -0.1) is 0 Å². The number of hydrogen-bond acceptors (Lipinski definition) is 5. The van der Waals surface area contributed by atoms with E-state index in [1.165, 1.54) is 5.56 Å². The van der Waals surface area contributed by atoms with Crippen LogP contribution in [0.25, 0.3) is 10.2 Å². The summed E-state index contributed by atoms with van der Waals surface area (Å²) in [6, 6.07) is 14.4. The predicted molar refractivity (Wildman–Crippen MR) is 131 cm³/mol. The number of amides is 1. The zero-order valence-corrected chi connectivity index (χ0v) is 20.3. The molecule has 1 atom stereocenters. The molecule has 0 unspecified atom stereocenters. The lowest BCUT2D eigenvalue weighted by molar-refractivity contribution is -0.125. The Hall–Kier alpha value is -2.12. The van der Waals surface area contributed by atoms with Gasteiger partial charge in [0.1, 0.15) is 5.75 Å². The Morgan fingerprint density at radius 2 is 2.03 bits per heavy atom. The highest BCUT2D eigenvalue weighted by atomic mass is 79.9. The average Bonchev–Trinajstić information content (AvgIpc) is 3.21. The number of fused-ring (bicyclic) bond motifs is 1. The van der Waals surface area contributed by atoms with Crippen LogP contribution in [0.3, 0.4) is 0 Å². The normalized spacial score (nSPS) is 15.8. The molecular formula is C24H28BrN3O2S. The van der Waals surface area contributed by atoms with Crippen LogP contribution in [0.2, 0.25) is 0 Å². The van der Waals surface area contributed by atoms with E-state index < -0.39 is 0 Å². The maximum Gasteiger partial charge on any atom is 0.223 e. The summed E-state index contributed by atoms with van der Waals surface area (Å²) >= 11 is 5.26. The number of ether oxygens (including phenoxy) is 1. The van der Waals surface area contributed by atoms with E-state index in [-0.39, 0.29) is 11.8 Å². The zero-order chi connectivity index (χ0) is 21.8. The molecule has 0 radical (unpaired) electrons. The fourth-order valence-corrected chi connectivity index (χ4v) is 5.42. The van der Waals surface area contributed by atoms with Crippen LogP contribution >= 0.6 is 27.3 Å². The fraction of sp³-hybridized carbons (Fsp3) is 0.417. The van der Waals surface area contributed by atoms with Crippen molar-refractivity contribution in [3.05, 3.63) is 52.5 Å². The van der Waals surface area contributed by atoms with Crippen LogP contribution in [-0.4, -0.2) is 37.1 Å². The molecule has 5 nitrogen and oxygen atoms in total. The molecule has 164 valence electrons. The van der Waals surface area contributed by atoms with Gasteiger partial charge >= 0.3 is 0 Å². The lowest BCUT2D eigenvalue weighted by Gasteiger charge is -2.31. The molecule has 1 saturated heterocycles. The summed E-state index contributed by atoms with van der Waals surface area (Å²) in [5, 5.41) is 4.18.